The van der Waals surface area contributed by atoms with E-state index in [1.807, 2.05) is 17.9 Å². The van der Waals surface area contributed by atoms with E-state index in [0.29, 0.717) is 13.1 Å². The van der Waals surface area contributed by atoms with Gasteiger partial charge in [-0.2, -0.15) is 0 Å². The second-order valence-corrected chi connectivity index (χ2v) is 7.90. The number of amides is 2. The summed E-state index contributed by atoms with van der Waals surface area (Å²) in [5.41, 5.74) is 1.33. The number of rotatable bonds is 5. The fourth-order valence-corrected chi connectivity index (χ4v) is 4.10. The van der Waals surface area contributed by atoms with Crippen molar-refractivity contribution in [3.63, 3.8) is 0 Å². The molecule has 0 unspecified atom stereocenters. The van der Waals surface area contributed by atoms with Crippen molar-refractivity contribution in [2.24, 2.45) is 5.92 Å². The first-order valence-corrected chi connectivity index (χ1v) is 9.48. The fourth-order valence-electron chi connectivity index (χ4n) is 4.10. The van der Waals surface area contributed by atoms with E-state index in [1.54, 1.807) is 0 Å². The molecule has 3 atom stereocenters. The molecule has 0 bridgehead atoms. The Morgan fingerprint density at radius 1 is 1.36 bits per heavy atom. The topological polar surface area (TPSA) is 55.8 Å². The van der Waals surface area contributed by atoms with Crippen LogP contribution in [-0.4, -0.2) is 58.8 Å². The van der Waals surface area contributed by atoms with Crippen molar-refractivity contribution in [1.82, 2.24) is 15.1 Å². The SMILES string of the molecule is C[C@H](O)[C@H]1CCN(C(=O)NC[C@@]2(C)CCCN2Cc2ccccc2)C1. The van der Waals surface area contributed by atoms with Crippen LogP contribution in [0.25, 0.3) is 0 Å². The van der Waals surface area contributed by atoms with Gasteiger partial charge in [0.05, 0.1) is 6.10 Å². The largest absolute Gasteiger partial charge is 0.393 e. The van der Waals surface area contributed by atoms with Crippen LogP contribution in [0.3, 0.4) is 0 Å². The Kier molecular flexibility index (Phi) is 5.64. The predicted molar refractivity (Wildman–Crippen MR) is 99.3 cm³/mol. The molecule has 2 heterocycles. The van der Waals surface area contributed by atoms with Gasteiger partial charge in [0.2, 0.25) is 0 Å². The molecule has 2 saturated heterocycles. The lowest BCUT2D eigenvalue weighted by molar-refractivity contribution is 0.126. The summed E-state index contributed by atoms with van der Waals surface area (Å²) >= 11 is 0. The summed E-state index contributed by atoms with van der Waals surface area (Å²) in [7, 11) is 0. The number of hydrogen-bond donors (Lipinski definition) is 2. The summed E-state index contributed by atoms with van der Waals surface area (Å²) in [6, 6.07) is 10.5. The number of carbonyl (C=O) groups is 1. The first kappa shape index (κ1) is 18.2. The highest BCUT2D eigenvalue weighted by Crippen LogP contribution is 2.30. The molecule has 2 aliphatic heterocycles. The van der Waals surface area contributed by atoms with Crippen LogP contribution < -0.4 is 5.32 Å². The van der Waals surface area contributed by atoms with E-state index in [2.05, 4.69) is 41.4 Å². The number of benzene rings is 1. The average Bonchev–Trinajstić information content (AvgIpc) is 3.22. The molecule has 25 heavy (non-hydrogen) atoms. The van der Waals surface area contributed by atoms with E-state index in [9.17, 15) is 9.90 Å². The second-order valence-electron chi connectivity index (χ2n) is 7.90. The van der Waals surface area contributed by atoms with Gasteiger partial charge >= 0.3 is 6.03 Å². The number of likely N-dealkylation sites (tertiary alicyclic amines) is 2. The van der Waals surface area contributed by atoms with Crippen molar-refractivity contribution in [1.29, 1.82) is 0 Å². The molecule has 2 aliphatic rings. The quantitative estimate of drug-likeness (QED) is 0.862. The van der Waals surface area contributed by atoms with Gasteiger partial charge in [0.25, 0.3) is 0 Å². The molecule has 2 N–H and O–H groups in total. The third-order valence-corrected chi connectivity index (χ3v) is 5.94. The molecule has 1 aromatic carbocycles. The number of carbonyl (C=O) groups excluding carboxylic acids is 1. The minimum Gasteiger partial charge on any atom is -0.393 e. The average molecular weight is 345 g/mol. The molecule has 1 aromatic rings. The molecule has 2 amide bonds. The molecule has 0 spiro atoms. The second kappa shape index (κ2) is 7.75. The molecular weight excluding hydrogens is 314 g/mol. The molecule has 2 fully saturated rings. The number of nitrogens with zero attached hydrogens (tertiary/aromatic N) is 2. The number of aliphatic hydroxyl groups excluding tert-OH is 1. The normalized spacial score (nSPS) is 28.3. The van der Waals surface area contributed by atoms with E-state index < -0.39 is 0 Å². The smallest absolute Gasteiger partial charge is 0.317 e. The Hall–Kier alpha value is -1.59. The van der Waals surface area contributed by atoms with E-state index in [-0.39, 0.29) is 23.6 Å². The Morgan fingerprint density at radius 2 is 2.12 bits per heavy atom. The van der Waals surface area contributed by atoms with E-state index >= 15 is 0 Å². The summed E-state index contributed by atoms with van der Waals surface area (Å²) < 4.78 is 0. The highest BCUT2D eigenvalue weighted by molar-refractivity contribution is 5.74. The van der Waals surface area contributed by atoms with Gasteiger partial charge in [0.1, 0.15) is 0 Å². The van der Waals surface area contributed by atoms with E-state index in [0.717, 1.165) is 32.5 Å². The maximum atomic E-state index is 12.5. The zero-order valence-corrected chi connectivity index (χ0v) is 15.4. The summed E-state index contributed by atoms with van der Waals surface area (Å²) in [6.07, 6.45) is 2.83. The zero-order valence-electron chi connectivity index (χ0n) is 15.4. The lowest BCUT2D eigenvalue weighted by Crippen LogP contribution is -2.51. The van der Waals surface area contributed by atoms with Crippen molar-refractivity contribution in [2.75, 3.05) is 26.2 Å². The first-order valence-electron chi connectivity index (χ1n) is 9.48. The summed E-state index contributed by atoms with van der Waals surface area (Å²) in [5.74, 6) is 0.211. The minimum absolute atomic E-state index is 0.00883. The monoisotopic (exact) mass is 345 g/mol. The standard InChI is InChI=1S/C20H31N3O2/c1-16(24)18-9-12-22(14-18)19(25)21-15-20(2)10-6-11-23(20)13-17-7-4-3-5-8-17/h3-5,7-8,16,18,24H,6,9-15H2,1-2H3,(H,21,25)/t16-,18-,20+/m0/s1. The molecule has 0 aromatic heterocycles. The molecule has 0 radical (unpaired) electrons. The Balaban J connectivity index is 1.53. The minimum atomic E-state index is -0.341. The maximum absolute atomic E-state index is 12.5. The first-order chi connectivity index (χ1) is 12.0. The van der Waals surface area contributed by atoms with Gasteiger partial charge in [-0.15, -0.1) is 0 Å². The predicted octanol–water partition coefficient (Wildman–Crippen LogP) is 2.45. The van der Waals surface area contributed by atoms with Crippen LogP contribution in [0.1, 0.15) is 38.7 Å². The van der Waals surface area contributed by atoms with Crippen molar-refractivity contribution in [2.45, 2.75) is 51.3 Å². The lowest BCUT2D eigenvalue weighted by atomic mass is 9.98. The molecule has 0 saturated carbocycles. The highest BCUT2D eigenvalue weighted by Gasteiger charge is 2.37. The van der Waals surface area contributed by atoms with Crippen LogP contribution in [-0.2, 0) is 6.54 Å². The van der Waals surface area contributed by atoms with E-state index in [1.165, 1.54) is 12.0 Å². The van der Waals surface area contributed by atoms with Crippen LogP contribution in [0.5, 0.6) is 0 Å². The molecule has 0 aliphatic carbocycles. The van der Waals surface area contributed by atoms with Crippen LogP contribution >= 0.6 is 0 Å². The van der Waals surface area contributed by atoms with Gasteiger partial charge in [-0.3, -0.25) is 4.90 Å². The molecule has 3 rings (SSSR count). The van der Waals surface area contributed by atoms with Gasteiger partial charge in [-0.1, -0.05) is 30.3 Å². The van der Waals surface area contributed by atoms with E-state index in [4.69, 9.17) is 0 Å². The third kappa shape index (κ3) is 4.33. The van der Waals surface area contributed by atoms with Crippen LogP contribution in [0.4, 0.5) is 4.79 Å². The van der Waals surface area contributed by atoms with Gasteiger partial charge in [-0.25, -0.2) is 4.79 Å². The number of hydrogen-bond acceptors (Lipinski definition) is 3. The molecule has 5 heteroatoms. The summed E-state index contributed by atoms with van der Waals surface area (Å²) in [6.45, 7) is 8.16. The van der Waals surface area contributed by atoms with Crippen molar-refractivity contribution < 1.29 is 9.90 Å². The lowest BCUT2D eigenvalue weighted by Gasteiger charge is -2.36. The summed E-state index contributed by atoms with van der Waals surface area (Å²) in [5, 5.41) is 12.9. The third-order valence-electron chi connectivity index (χ3n) is 5.94. The van der Waals surface area contributed by atoms with Gasteiger partial charge in [0, 0.05) is 37.6 Å². The van der Waals surface area contributed by atoms with Gasteiger partial charge in [0.15, 0.2) is 0 Å². The molecule has 138 valence electrons. The Bertz CT molecular complexity index is 578. The van der Waals surface area contributed by atoms with Crippen LogP contribution in [0.2, 0.25) is 0 Å². The van der Waals surface area contributed by atoms with Crippen molar-refractivity contribution in [3.8, 4) is 0 Å². The number of urea groups is 1. The van der Waals surface area contributed by atoms with Gasteiger partial charge in [-0.05, 0) is 45.2 Å². The van der Waals surface area contributed by atoms with Gasteiger partial charge < -0.3 is 15.3 Å². The highest BCUT2D eigenvalue weighted by atomic mass is 16.3. The number of aliphatic hydroxyl groups is 1. The van der Waals surface area contributed by atoms with Crippen molar-refractivity contribution in [3.05, 3.63) is 35.9 Å². The summed E-state index contributed by atoms with van der Waals surface area (Å²) in [4.78, 5) is 16.8. The van der Waals surface area contributed by atoms with Crippen LogP contribution in [0.15, 0.2) is 30.3 Å². The fraction of sp³-hybridized carbons (Fsp3) is 0.650. The van der Waals surface area contributed by atoms with Crippen molar-refractivity contribution >= 4 is 6.03 Å². The number of nitrogens with one attached hydrogen (secondary N) is 1. The Labute approximate surface area is 151 Å². The van der Waals surface area contributed by atoms with Crippen LogP contribution in [0, 0.1) is 5.92 Å². The Morgan fingerprint density at radius 3 is 2.80 bits per heavy atom. The zero-order chi connectivity index (χ0) is 17.9. The molecular formula is C20H31N3O2. The maximum Gasteiger partial charge on any atom is 0.317 e. The molecule has 5 nitrogen and oxygen atoms in total.